The molecule has 0 N–H and O–H groups in total. The van der Waals surface area contributed by atoms with Crippen molar-refractivity contribution in [2.24, 2.45) is 0 Å². The van der Waals surface area contributed by atoms with E-state index < -0.39 is 0 Å². The van der Waals surface area contributed by atoms with Crippen LogP contribution in [0.4, 0.5) is 4.39 Å². The first-order valence-corrected chi connectivity index (χ1v) is 8.32. The average molecular weight is 335 g/mol. The maximum atomic E-state index is 13.5. The normalized spacial score (nSPS) is 20.2. The fourth-order valence-electron chi connectivity index (χ4n) is 1.65. The largest absolute Gasteiger partial charge is 0.298 e. The molecular formula is C12H12BrFOS2. The van der Waals surface area contributed by atoms with Crippen LogP contribution in [0, 0.1) is 5.82 Å². The minimum Gasteiger partial charge on any atom is -0.298 e. The molecule has 1 nitrogen and oxygen atoms in total. The van der Waals surface area contributed by atoms with Gasteiger partial charge in [0.05, 0.1) is 5.25 Å². The molecule has 2 rings (SSSR count). The molecule has 1 aliphatic rings. The number of carbonyl (C=O) groups is 1. The molecule has 0 spiro atoms. The van der Waals surface area contributed by atoms with Crippen molar-refractivity contribution < 1.29 is 9.18 Å². The van der Waals surface area contributed by atoms with E-state index in [9.17, 15) is 9.18 Å². The molecule has 0 aromatic heterocycles. The van der Waals surface area contributed by atoms with Gasteiger partial charge in [0.1, 0.15) is 5.82 Å². The molecule has 92 valence electrons. The van der Waals surface area contributed by atoms with Gasteiger partial charge >= 0.3 is 0 Å². The topological polar surface area (TPSA) is 17.1 Å². The zero-order chi connectivity index (χ0) is 12.3. The summed E-state index contributed by atoms with van der Waals surface area (Å²) in [7, 11) is 0. The molecule has 17 heavy (non-hydrogen) atoms. The lowest BCUT2D eigenvalue weighted by molar-refractivity contribution is -0.117. The molecule has 0 amide bonds. The van der Waals surface area contributed by atoms with Gasteiger partial charge in [-0.15, -0.1) is 11.8 Å². The van der Waals surface area contributed by atoms with Crippen LogP contribution in [0.2, 0.25) is 0 Å². The predicted molar refractivity (Wildman–Crippen MR) is 76.4 cm³/mol. The molecule has 1 atom stereocenters. The number of hydrogen-bond acceptors (Lipinski definition) is 3. The van der Waals surface area contributed by atoms with E-state index in [1.165, 1.54) is 6.07 Å². The minimum atomic E-state index is -0.296. The summed E-state index contributed by atoms with van der Waals surface area (Å²) in [5.41, 5.74) is 0.487. The molecule has 1 aromatic rings. The lowest BCUT2D eigenvalue weighted by Crippen LogP contribution is -2.26. The Labute approximate surface area is 117 Å². The van der Waals surface area contributed by atoms with Gasteiger partial charge < -0.3 is 0 Å². The first-order valence-electron chi connectivity index (χ1n) is 5.33. The van der Waals surface area contributed by atoms with Crippen LogP contribution in [0.15, 0.2) is 22.7 Å². The maximum absolute atomic E-state index is 13.5. The van der Waals surface area contributed by atoms with E-state index in [0.717, 1.165) is 21.7 Å². The van der Waals surface area contributed by atoms with Crippen LogP contribution in [-0.4, -0.2) is 28.3 Å². The van der Waals surface area contributed by atoms with Crippen molar-refractivity contribution in [3.63, 3.8) is 0 Å². The van der Waals surface area contributed by atoms with Gasteiger partial charge in [-0.25, -0.2) is 4.39 Å². The van der Waals surface area contributed by atoms with Crippen LogP contribution in [-0.2, 0) is 11.2 Å². The first-order chi connectivity index (χ1) is 8.16. The molecule has 1 saturated heterocycles. The third kappa shape index (κ3) is 3.73. The Morgan fingerprint density at radius 3 is 3.00 bits per heavy atom. The third-order valence-corrected chi connectivity index (χ3v) is 5.84. The highest BCUT2D eigenvalue weighted by molar-refractivity contribution is 9.10. The zero-order valence-electron chi connectivity index (χ0n) is 9.12. The lowest BCUT2D eigenvalue weighted by atomic mass is 10.1. The number of carbonyl (C=O) groups excluding carboxylic acids is 1. The second-order valence-electron chi connectivity index (χ2n) is 3.81. The van der Waals surface area contributed by atoms with Crippen molar-refractivity contribution in [2.75, 3.05) is 17.3 Å². The highest BCUT2D eigenvalue weighted by atomic mass is 79.9. The average Bonchev–Trinajstić information content (AvgIpc) is 2.35. The fraction of sp³-hybridized carbons (Fsp3) is 0.417. The van der Waals surface area contributed by atoms with Crippen LogP contribution in [0.25, 0.3) is 0 Å². The second-order valence-corrected chi connectivity index (χ2v) is 7.19. The van der Waals surface area contributed by atoms with Gasteiger partial charge in [-0.1, -0.05) is 15.9 Å². The summed E-state index contributed by atoms with van der Waals surface area (Å²) in [6.07, 6.45) is 0.198. The molecule has 0 aliphatic carbocycles. The molecular weight excluding hydrogens is 323 g/mol. The van der Waals surface area contributed by atoms with E-state index in [-0.39, 0.29) is 23.3 Å². The Morgan fingerprint density at radius 2 is 2.29 bits per heavy atom. The quantitative estimate of drug-likeness (QED) is 0.841. The molecule has 1 unspecified atom stereocenters. The van der Waals surface area contributed by atoms with Crippen molar-refractivity contribution in [2.45, 2.75) is 11.7 Å². The van der Waals surface area contributed by atoms with Gasteiger partial charge in [-0.3, -0.25) is 4.79 Å². The summed E-state index contributed by atoms with van der Waals surface area (Å²) in [4.78, 5) is 12.0. The zero-order valence-corrected chi connectivity index (χ0v) is 12.3. The van der Waals surface area contributed by atoms with Crippen molar-refractivity contribution in [3.05, 3.63) is 34.1 Å². The molecule has 1 fully saturated rings. The Kier molecular flexibility index (Phi) is 4.94. The monoisotopic (exact) mass is 334 g/mol. The molecule has 5 heteroatoms. The number of Topliss-reactive ketones (excluding diaryl/α,β-unsaturated/α-hetero) is 1. The van der Waals surface area contributed by atoms with E-state index in [0.29, 0.717) is 5.56 Å². The van der Waals surface area contributed by atoms with Gasteiger partial charge in [0.2, 0.25) is 0 Å². The van der Waals surface area contributed by atoms with Gasteiger partial charge in [0.15, 0.2) is 5.78 Å². The minimum absolute atomic E-state index is 0.0344. The van der Waals surface area contributed by atoms with Crippen molar-refractivity contribution >= 4 is 45.2 Å². The highest BCUT2D eigenvalue weighted by Gasteiger charge is 2.22. The van der Waals surface area contributed by atoms with Crippen molar-refractivity contribution in [1.82, 2.24) is 0 Å². The summed E-state index contributed by atoms with van der Waals surface area (Å²) < 4.78 is 14.3. The fourth-order valence-corrected chi connectivity index (χ4v) is 4.71. The summed E-state index contributed by atoms with van der Waals surface area (Å²) >= 11 is 6.80. The van der Waals surface area contributed by atoms with Crippen LogP contribution in [0.5, 0.6) is 0 Å². The number of hydrogen-bond donors (Lipinski definition) is 0. The molecule has 0 radical (unpaired) electrons. The molecule has 1 aromatic carbocycles. The number of benzene rings is 1. The van der Waals surface area contributed by atoms with Crippen molar-refractivity contribution in [1.29, 1.82) is 0 Å². The maximum Gasteiger partial charge on any atom is 0.151 e. The van der Waals surface area contributed by atoms with Crippen molar-refractivity contribution in [3.8, 4) is 0 Å². The van der Waals surface area contributed by atoms with E-state index >= 15 is 0 Å². The summed E-state index contributed by atoms with van der Waals surface area (Å²) in [6.45, 7) is 0. The molecule has 0 saturated carbocycles. The van der Waals surface area contributed by atoms with Crippen LogP contribution < -0.4 is 0 Å². The van der Waals surface area contributed by atoms with Crippen LogP contribution in [0.1, 0.15) is 5.56 Å². The molecule has 1 heterocycles. The number of rotatable bonds is 3. The second kappa shape index (κ2) is 6.25. The van der Waals surface area contributed by atoms with Gasteiger partial charge in [0.25, 0.3) is 0 Å². The summed E-state index contributed by atoms with van der Waals surface area (Å²) in [6, 6.07) is 4.73. The smallest absolute Gasteiger partial charge is 0.151 e. The first kappa shape index (κ1) is 13.4. The molecule has 0 bridgehead atoms. The van der Waals surface area contributed by atoms with Gasteiger partial charge in [0, 0.05) is 28.2 Å². The Hall–Kier alpha value is -0.000000000000000222. The number of ketones is 1. The van der Waals surface area contributed by atoms with E-state index in [2.05, 4.69) is 15.9 Å². The summed E-state index contributed by atoms with van der Waals surface area (Å²) in [5, 5.41) is 0.0344. The summed E-state index contributed by atoms with van der Waals surface area (Å²) in [5.74, 6) is 2.83. The van der Waals surface area contributed by atoms with Gasteiger partial charge in [-0.2, -0.15) is 11.8 Å². The third-order valence-electron chi connectivity index (χ3n) is 2.55. The van der Waals surface area contributed by atoms with E-state index in [1.54, 1.807) is 35.7 Å². The van der Waals surface area contributed by atoms with E-state index in [4.69, 9.17) is 0 Å². The van der Waals surface area contributed by atoms with Crippen LogP contribution in [0.3, 0.4) is 0 Å². The SMILES string of the molecule is O=C(Cc1cc(Br)ccc1F)C1CSCCS1. The Balaban J connectivity index is 2.04. The van der Waals surface area contributed by atoms with Crippen LogP contribution >= 0.6 is 39.5 Å². The Bertz CT molecular complexity index is 419. The standard InChI is InChI=1S/C12H12BrFOS2/c13-9-1-2-10(14)8(5-9)6-11(15)12-7-16-3-4-17-12/h1-2,5,12H,3-4,6-7H2. The van der Waals surface area contributed by atoms with Gasteiger partial charge in [-0.05, 0) is 23.8 Å². The highest BCUT2D eigenvalue weighted by Crippen LogP contribution is 2.26. The number of halogens is 2. The predicted octanol–water partition coefficient (Wildman–Crippen LogP) is 3.55. The number of thioether (sulfide) groups is 2. The Morgan fingerprint density at radius 1 is 1.47 bits per heavy atom. The lowest BCUT2D eigenvalue weighted by Gasteiger charge is -2.19. The molecule has 1 aliphatic heterocycles. The van der Waals surface area contributed by atoms with E-state index in [1.807, 2.05) is 0 Å².